The number of carbonyl (C=O) groups is 1. The van der Waals surface area contributed by atoms with E-state index >= 15 is 0 Å². The number of sulfone groups is 1. The molecule has 38 heavy (non-hydrogen) atoms. The van der Waals surface area contributed by atoms with Crippen molar-refractivity contribution in [2.45, 2.75) is 24.5 Å². The van der Waals surface area contributed by atoms with E-state index in [0.29, 0.717) is 22.5 Å². The van der Waals surface area contributed by atoms with Crippen LogP contribution in [-0.2, 0) is 29.6 Å². The molecule has 1 aromatic carbocycles. The van der Waals surface area contributed by atoms with Crippen molar-refractivity contribution < 1.29 is 26.4 Å². The average molecular weight is 546 g/mol. The van der Waals surface area contributed by atoms with Gasteiger partial charge in [-0.05, 0) is 48.9 Å². The molecule has 4 rings (SSSR count). The largest absolute Gasteiger partial charge is 0.416 e. The number of halogens is 3. The van der Waals surface area contributed by atoms with Crippen LogP contribution in [0.15, 0.2) is 70.7 Å². The summed E-state index contributed by atoms with van der Waals surface area (Å²) in [5, 5.41) is 6.70. The molecule has 0 spiro atoms. The van der Waals surface area contributed by atoms with Crippen LogP contribution < -0.4 is 10.9 Å². The minimum Gasteiger partial charge on any atom is -0.346 e. The molecule has 0 aliphatic carbocycles. The van der Waals surface area contributed by atoms with Gasteiger partial charge in [0.1, 0.15) is 5.56 Å². The quantitative estimate of drug-likeness (QED) is 0.398. The zero-order valence-corrected chi connectivity index (χ0v) is 21.3. The van der Waals surface area contributed by atoms with Gasteiger partial charge < -0.3 is 5.32 Å². The Balaban J connectivity index is 1.79. The molecule has 3 aromatic heterocycles. The maximum absolute atomic E-state index is 13.5. The first kappa shape index (κ1) is 26.8. The van der Waals surface area contributed by atoms with Gasteiger partial charge in [0.15, 0.2) is 9.84 Å². The fraction of sp³-hybridized carbons (Fsp3) is 0.200. The zero-order valence-electron chi connectivity index (χ0n) is 20.4. The van der Waals surface area contributed by atoms with Crippen LogP contribution in [0.5, 0.6) is 0 Å². The van der Waals surface area contributed by atoms with Gasteiger partial charge >= 0.3 is 6.18 Å². The SMILES string of the molecule is Cc1c(-c2ccnn2C)cn(-c2cccc(C(F)(F)F)c2)c(=O)c1C(=O)NCc1ccc(S(C)(=O)=O)cn1. The van der Waals surface area contributed by atoms with Gasteiger partial charge in [-0.2, -0.15) is 18.3 Å². The predicted octanol–water partition coefficient (Wildman–Crippen LogP) is 3.29. The van der Waals surface area contributed by atoms with Gasteiger partial charge in [0.25, 0.3) is 11.5 Å². The minimum atomic E-state index is -4.63. The number of amides is 1. The highest BCUT2D eigenvalue weighted by Crippen LogP contribution is 2.31. The fourth-order valence-corrected chi connectivity index (χ4v) is 4.44. The second-order valence-corrected chi connectivity index (χ2v) is 10.6. The topological polar surface area (TPSA) is 116 Å². The number of carbonyl (C=O) groups excluding carboxylic acids is 1. The number of hydrogen-bond acceptors (Lipinski definition) is 6. The monoisotopic (exact) mass is 545 g/mol. The lowest BCUT2D eigenvalue weighted by molar-refractivity contribution is -0.137. The van der Waals surface area contributed by atoms with Crippen molar-refractivity contribution in [1.82, 2.24) is 24.6 Å². The van der Waals surface area contributed by atoms with Crippen molar-refractivity contribution in [2.24, 2.45) is 7.05 Å². The number of pyridine rings is 2. The van der Waals surface area contributed by atoms with E-state index < -0.39 is 33.0 Å². The smallest absolute Gasteiger partial charge is 0.346 e. The molecule has 0 radical (unpaired) electrons. The maximum atomic E-state index is 13.5. The number of alkyl halides is 3. The summed E-state index contributed by atoms with van der Waals surface area (Å²) in [5.41, 5.74) is -0.499. The number of hydrogen-bond donors (Lipinski definition) is 1. The fourth-order valence-electron chi connectivity index (χ4n) is 3.88. The van der Waals surface area contributed by atoms with Gasteiger partial charge in [-0.25, -0.2) is 8.42 Å². The van der Waals surface area contributed by atoms with Gasteiger partial charge in [0, 0.05) is 43.1 Å². The Hall–Kier alpha value is -4.26. The lowest BCUT2D eigenvalue weighted by Gasteiger charge is -2.17. The van der Waals surface area contributed by atoms with Crippen LogP contribution in [0.3, 0.4) is 0 Å². The van der Waals surface area contributed by atoms with E-state index in [0.717, 1.165) is 29.2 Å². The van der Waals surface area contributed by atoms with Crippen molar-refractivity contribution in [2.75, 3.05) is 6.26 Å². The summed E-state index contributed by atoms with van der Waals surface area (Å²) in [6.45, 7) is 1.44. The number of rotatable bonds is 6. The molecule has 13 heteroatoms. The van der Waals surface area contributed by atoms with Crippen molar-refractivity contribution in [1.29, 1.82) is 0 Å². The number of nitrogens with one attached hydrogen (secondary N) is 1. The van der Waals surface area contributed by atoms with E-state index in [1.165, 1.54) is 41.3 Å². The molecule has 0 bridgehead atoms. The molecule has 9 nitrogen and oxygen atoms in total. The first-order valence-corrected chi connectivity index (χ1v) is 13.0. The highest BCUT2D eigenvalue weighted by Gasteiger charge is 2.31. The zero-order chi connectivity index (χ0) is 27.8. The number of nitrogens with zero attached hydrogens (tertiary/aromatic N) is 4. The molecule has 3 heterocycles. The lowest BCUT2D eigenvalue weighted by Crippen LogP contribution is -2.34. The summed E-state index contributed by atoms with van der Waals surface area (Å²) in [4.78, 5) is 30.8. The molecule has 4 aromatic rings. The van der Waals surface area contributed by atoms with Crippen LogP contribution in [0, 0.1) is 6.92 Å². The van der Waals surface area contributed by atoms with E-state index in [1.807, 2.05) is 0 Å². The molecular weight excluding hydrogens is 523 g/mol. The van der Waals surface area contributed by atoms with E-state index in [1.54, 1.807) is 20.0 Å². The van der Waals surface area contributed by atoms with Crippen molar-refractivity contribution >= 4 is 15.7 Å². The molecular formula is C25H22F3N5O4S. The summed E-state index contributed by atoms with van der Waals surface area (Å²) in [6.07, 6.45) is 0.464. The molecule has 0 aliphatic heterocycles. The number of aryl methyl sites for hydroxylation is 1. The van der Waals surface area contributed by atoms with Crippen LogP contribution in [0.25, 0.3) is 16.9 Å². The third kappa shape index (κ3) is 5.37. The minimum absolute atomic E-state index is 0.0104. The van der Waals surface area contributed by atoms with Gasteiger partial charge in [-0.1, -0.05) is 6.07 Å². The second kappa shape index (κ2) is 9.89. The Morgan fingerprint density at radius 2 is 1.87 bits per heavy atom. The van der Waals surface area contributed by atoms with Gasteiger partial charge in [-0.3, -0.25) is 23.8 Å². The summed E-state index contributed by atoms with van der Waals surface area (Å²) < 4.78 is 65.9. The van der Waals surface area contributed by atoms with Gasteiger partial charge in [-0.15, -0.1) is 0 Å². The highest BCUT2D eigenvalue weighted by atomic mass is 32.2. The lowest BCUT2D eigenvalue weighted by atomic mass is 10.0. The van der Waals surface area contributed by atoms with E-state index in [2.05, 4.69) is 15.4 Å². The summed E-state index contributed by atoms with van der Waals surface area (Å²) in [7, 11) is -1.80. The Bertz CT molecular complexity index is 1690. The standard InChI is InChI=1S/C25H22F3N5O4S/c1-15-20(21-9-10-31-32(21)2)14-33(18-6-4-5-16(11-18)25(26,27)28)24(35)22(15)23(34)30-12-17-7-8-19(13-29-17)38(3,36)37/h4-11,13-14H,12H2,1-3H3,(H,30,34). The molecule has 0 atom stereocenters. The molecule has 0 aliphatic rings. The molecule has 1 N–H and O–H groups in total. The van der Waals surface area contributed by atoms with E-state index in [4.69, 9.17) is 0 Å². The summed E-state index contributed by atoms with van der Waals surface area (Å²) >= 11 is 0. The second-order valence-electron chi connectivity index (χ2n) is 8.55. The average Bonchev–Trinajstić information content (AvgIpc) is 3.27. The van der Waals surface area contributed by atoms with Gasteiger partial charge in [0.2, 0.25) is 0 Å². The highest BCUT2D eigenvalue weighted by molar-refractivity contribution is 7.90. The van der Waals surface area contributed by atoms with Crippen molar-refractivity contribution in [3.63, 3.8) is 0 Å². The summed E-state index contributed by atoms with van der Waals surface area (Å²) in [6, 6.07) is 8.67. The first-order chi connectivity index (χ1) is 17.8. The first-order valence-electron chi connectivity index (χ1n) is 11.1. The van der Waals surface area contributed by atoms with Gasteiger partial charge in [0.05, 0.1) is 28.4 Å². The Labute approximate surface area is 215 Å². The predicted molar refractivity (Wildman–Crippen MR) is 132 cm³/mol. The number of aromatic nitrogens is 4. The van der Waals surface area contributed by atoms with E-state index in [-0.39, 0.29) is 22.7 Å². The normalized spacial score (nSPS) is 11.9. The van der Waals surface area contributed by atoms with Crippen molar-refractivity contribution in [3.8, 4) is 16.9 Å². The van der Waals surface area contributed by atoms with Crippen LogP contribution in [0.1, 0.15) is 27.2 Å². The maximum Gasteiger partial charge on any atom is 0.416 e. The summed E-state index contributed by atoms with van der Waals surface area (Å²) in [5.74, 6) is -0.772. The third-order valence-electron chi connectivity index (χ3n) is 5.90. The molecule has 0 saturated heterocycles. The molecule has 0 saturated carbocycles. The Morgan fingerprint density at radius 3 is 2.45 bits per heavy atom. The molecule has 0 unspecified atom stereocenters. The Kier molecular flexibility index (Phi) is 6.98. The number of benzene rings is 1. The third-order valence-corrected chi connectivity index (χ3v) is 7.00. The van der Waals surface area contributed by atoms with Crippen LogP contribution in [0.4, 0.5) is 13.2 Å². The molecule has 0 fully saturated rings. The Morgan fingerprint density at radius 1 is 1.13 bits per heavy atom. The van der Waals surface area contributed by atoms with Crippen LogP contribution >= 0.6 is 0 Å². The van der Waals surface area contributed by atoms with E-state index in [9.17, 15) is 31.2 Å². The molecule has 1 amide bonds. The van der Waals surface area contributed by atoms with Crippen LogP contribution in [0.2, 0.25) is 0 Å². The van der Waals surface area contributed by atoms with Crippen molar-refractivity contribution in [3.05, 3.63) is 93.8 Å². The van der Waals surface area contributed by atoms with Crippen LogP contribution in [-0.4, -0.2) is 39.9 Å². The molecule has 198 valence electrons.